The van der Waals surface area contributed by atoms with Crippen molar-refractivity contribution in [2.75, 3.05) is 55.1 Å². The van der Waals surface area contributed by atoms with Crippen molar-refractivity contribution >= 4 is 17.0 Å². The van der Waals surface area contributed by atoms with Gasteiger partial charge in [0.15, 0.2) is 0 Å². The van der Waals surface area contributed by atoms with Crippen LogP contribution >= 0.6 is 0 Å². The molecule has 0 amide bonds. The van der Waals surface area contributed by atoms with Crippen molar-refractivity contribution in [2.45, 2.75) is 32.1 Å². The maximum Gasteiger partial charge on any atom is 0.500 e. The van der Waals surface area contributed by atoms with Crippen molar-refractivity contribution < 1.29 is 13.3 Å². The zero-order valence-corrected chi connectivity index (χ0v) is 16.7. The predicted molar refractivity (Wildman–Crippen MR) is 89.7 cm³/mol. The number of hydrogen-bond acceptors (Lipinski definition) is 5. The van der Waals surface area contributed by atoms with Crippen molar-refractivity contribution in [2.24, 2.45) is 0 Å². The molecule has 0 heterocycles. The van der Waals surface area contributed by atoms with Crippen LogP contribution in [0.25, 0.3) is 0 Å². The molecule has 0 aliphatic carbocycles. The fraction of sp³-hybridized carbons (Fsp3) is 1.00. The van der Waals surface area contributed by atoms with Gasteiger partial charge in [0.25, 0.3) is 0 Å². The molecule has 0 spiro atoms. The van der Waals surface area contributed by atoms with Gasteiger partial charge in [-0.25, -0.2) is 0 Å². The van der Waals surface area contributed by atoms with Crippen LogP contribution in [-0.2, 0) is 13.3 Å². The second-order valence-corrected chi connectivity index (χ2v) is 14.4. The molecule has 0 bridgehead atoms. The third-order valence-electron chi connectivity index (χ3n) is 3.61. The third kappa shape index (κ3) is 7.30. The van der Waals surface area contributed by atoms with E-state index in [0.29, 0.717) is 0 Å². The quantitative estimate of drug-likeness (QED) is 0.543. The Labute approximate surface area is 127 Å². The lowest BCUT2D eigenvalue weighted by atomic mass is 10.4. The molecule has 0 saturated heterocycles. The maximum atomic E-state index is 5.48. The summed E-state index contributed by atoms with van der Waals surface area (Å²) in [4.78, 5) is 2.24. The van der Waals surface area contributed by atoms with E-state index in [9.17, 15) is 0 Å². The van der Waals surface area contributed by atoms with Crippen molar-refractivity contribution in [1.29, 1.82) is 0 Å². The smallest absolute Gasteiger partial charge is 0.377 e. The predicted octanol–water partition coefficient (Wildman–Crippen LogP) is 1.95. The molecular formula is C13H34N2O3Si2. The van der Waals surface area contributed by atoms with Gasteiger partial charge in [-0.15, -0.1) is 0 Å². The Kier molecular flexibility index (Phi) is 9.40. The standard InChI is InChI=1S/C13H34N2O3Si2/c1-14(2)11-12-15(19(6,7)8)10-9-13-20(16-3,17-4)18-5/h9-13H2,1-8H3. The average molecular weight is 323 g/mol. The van der Waals surface area contributed by atoms with Crippen LogP contribution in [0.3, 0.4) is 0 Å². The highest BCUT2D eigenvalue weighted by atomic mass is 28.4. The molecule has 5 nitrogen and oxygen atoms in total. The largest absolute Gasteiger partial charge is 0.500 e. The molecule has 0 saturated carbocycles. The first kappa shape index (κ1) is 20.2. The Balaban J connectivity index is 4.39. The minimum absolute atomic E-state index is 0.874. The summed E-state index contributed by atoms with van der Waals surface area (Å²) in [6, 6.07) is 0.874. The minimum atomic E-state index is -2.41. The van der Waals surface area contributed by atoms with E-state index < -0.39 is 17.0 Å². The van der Waals surface area contributed by atoms with Gasteiger partial charge in [-0.2, -0.15) is 0 Å². The topological polar surface area (TPSA) is 34.2 Å². The minimum Gasteiger partial charge on any atom is -0.377 e. The van der Waals surface area contributed by atoms with Crippen LogP contribution in [0.1, 0.15) is 6.42 Å². The molecule has 0 unspecified atom stereocenters. The SMILES string of the molecule is CO[Si](CCCN(CCN(C)C)[Si](C)(C)C)(OC)OC. The monoisotopic (exact) mass is 322 g/mol. The Hall–Kier alpha value is 0.234. The molecular weight excluding hydrogens is 288 g/mol. The van der Waals surface area contributed by atoms with E-state index in [1.165, 1.54) is 0 Å². The van der Waals surface area contributed by atoms with Crippen LogP contribution in [0.4, 0.5) is 0 Å². The van der Waals surface area contributed by atoms with Crippen LogP contribution < -0.4 is 0 Å². The van der Waals surface area contributed by atoms with E-state index in [1.807, 2.05) is 0 Å². The fourth-order valence-electron chi connectivity index (χ4n) is 2.15. The van der Waals surface area contributed by atoms with Gasteiger partial charge in [-0.3, -0.25) is 0 Å². The van der Waals surface area contributed by atoms with Gasteiger partial charge in [0.05, 0.1) is 0 Å². The molecule has 0 fully saturated rings. The lowest BCUT2D eigenvalue weighted by molar-refractivity contribution is 0.122. The lowest BCUT2D eigenvalue weighted by Crippen LogP contribution is -2.50. The van der Waals surface area contributed by atoms with E-state index in [1.54, 1.807) is 21.3 Å². The summed E-state index contributed by atoms with van der Waals surface area (Å²) in [6.45, 7) is 10.5. The molecule has 0 aliphatic heterocycles. The first-order valence-electron chi connectivity index (χ1n) is 7.26. The Morgan fingerprint density at radius 1 is 0.800 bits per heavy atom. The zero-order valence-electron chi connectivity index (χ0n) is 14.7. The van der Waals surface area contributed by atoms with Crippen LogP contribution in [0.15, 0.2) is 0 Å². The first-order chi connectivity index (χ1) is 9.20. The molecule has 0 rings (SSSR count). The summed E-state index contributed by atoms with van der Waals surface area (Å²) in [6.07, 6.45) is 1.06. The molecule has 0 aliphatic rings. The van der Waals surface area contributed by atoms with E-state index >= 15 is 0 Å². The Morgan fingerprint density at radius 3 is 1.65 bits per heavy atom. The summed E-state index contributed by atoms with van der Waals surface area (Å²) in [5, 5.41) is 0. The van der Waals surface area contributed by atoms with Gasteiger partial charge in [-0.1, -0.05) is 19.6 Å². The first-order valence-corrected chi connectivity index (χ1v) is 12.6. The molecule has 0 radical (unpaired) electrons. The van der Waals surface area contributed by atoms with Crippen LogP contribution in [0, 0.1) is 0 Å². The zero-order chi connectivity index (χ0) is 15.8. The second kappa shape index (κ2) is 9.29. The van der Waals surface area contributed by atoms with Crippen molar-refractivity contribution in [3.8, 4) is 0 Å². The van der Waals surface area contributed by atoms with Gasteiger partial charge < -0.3 is 22.7 Å². The Bertz CT molecular complexity index is 248. The van der Waals surface area contributed by atoms with Crippen molar-refractivity contribution in [1.82, 2.24) is 9.47 Å². The molecule has 20 heavy (non-hydrogen) atoms. The normalized spacial score (nSPS) is 13.5. The van der Waals surface area contributed by atoms with Crippen LogP contribution in [-0.4, -0.2) is 81.6 Å². The van der Waals surface area contributed by atoms with Crippen molar-refractivity contribution in [3.63, 3.8) is 0 Å². The van der Waals surface area contributed by atoms with E-state index in [0.717, 1.165) is 32.1 Å². The van der Waals surface area contributed by atoms with Crippen LogP contribution in [0.5, 0.6) is 0 Å². The van der Waals surface area contributed by atoms with Gasteiger partial charge >= 0.3 is 8.80 Å². The fourth-order valence-corrected chi connectivity index (χ4v) is 5.45. The highest BCUT2D eigenvalue weighted by Gasteiger charge is 2.37. The average Bonchev–Trinajstić information content (AvgIpc) is 2.37. The van der Waals surface area contributed by atoms with Gasteiger partial charge in [0, 0.05) is 40.5 Å². The van der Waals surface area contributed by atoms with Gasteiger partial charge in [0.1, 0.15) is 8.24 Å². The Morgan fingerprint density at radius 2 is 1.30 bits per heavy atom. The third-order valence-corrected chi connectivity index (χ3v) is 8.79. The lowest BCUT2D eigenvalue weighted by Gasteiger charge is -2.35. The highest BCUT2D eigenvalue weighted by Crippen LogP contribution is 2.17. The number of likely N-dealkylation sites (N-methyl/N-ethyl adjacent to an activating group) is 1. The number of nitrogens with zero attached hydrogens (tertiary/aromatic N) is 2. The molecule has 0 aromatic rings. The molecule has 7 heteroatoms. The molecule has 0 aromatic heterocycles. The summed E-state index contributed by atoms with van der Waals surface area (Å²) < 4.78 is 19.1. The molecule has 0 aromatic carbocycles. The van der Waals surface area contributed by atoms with E-state index in [4.69, 9.17) is 13.3 Å². The maximum absolute atomic E-state index is 5.48. The summed E-state index contributed by atoms with van der Waals surface area (Å²) in [7, 11) is 5.61. The summed E-state index contributed by atoms with van der Waals surface area (Å²) in [5.41, 5.74) is 0. The van der Waals surface area contributed by atoms with E-state index in [2.05, 4.69) is 43.2 Å². The molecule has 122 valence electrons. The summed E-state index contributed by atoms with van der Waals surface area (Å²) in [5.74, 6) is 0. The number of rotatable bonds is 11. The van der Waals surface area contributed by atoms with Gasteiger partial charge in [-0.05, 0) is 27.1 Å². The highest BCUT2D eigenvalue weighted by molar-refractivity contribution is 6.73. The van der Waals surface area contributed by atoms with Crippen molar-refractivity contribution in [3.05, 3.63) is 0 Å². The molecule has 0 N–H and O–H groups in total. The second-order valence-electron chi connectivity index (χ2n) is 6.36. The number of hydrogen-bond donors (Lipinski definition) is 0. The molecule has 0 atom stereocenters. The van der Waals surface area contributed by atoms with Crippen LogP contribution in [0.2, 0.25) is 25.7 Å². The van der Waals surface area contributed by atoms with E-state index in [-0.39, 0.29) is 0 Å². The van der Waals surface area contributed by atoms with Gasteiger partial charge in [0.2, 0.25) is 0 Å². The summed E-state index contributed by atoms with van der Waals surface area (Å²) >= 11 is 0.